The van der Waals surface area contributed by atoms with Gasteiger partial charge in [-0.25, -0.2) is 4.98 Å². The number of nitriles is 1. The van der Waals surface area contributed by atoms with E-state index in [0.29, 0.717) is 10.7 Å². The molecule has 0 radical (unpaired) electrons. The van der Waals surface area contributed by atoms with Gasteiger partial charge in [0, 0.05) is 13.1 Å². The van der Waals surface area contributed by atoms with E-state index in [0.717, 1.165) is 18.9 Å². The maximum atomic E-state index is 8.83. The van der Waals surface area contributed by atoms with Gasteiger partial charge in [0.05, 0.1) is 5.02 Å². The lowest BCUT2D eigenvalue weighted by Crippen LogP contribution is -2.25. The molecule has 2 rings (SSSR count). The Bertz CT molecular complexity index is 403. The van der Waals surface area contributed by atoms with Crippen molar-refractivity contribution in [3.8, 4) is 6.07 Å². The van der Waals surface area contributed by atoms with Gasteiger partial charge in [0.15, 0.2) is 0 Å². The number of rotatable bonds is 1. The highest BCUT2D eigenvalue weighted by molar-refractivity contribution is 6.32. The summed E-state index contributed by atoms with van der Waals surface area (Å²) >= 11 is 6.13. The van der Waals surface area contributed by atoms with Gasteiger partial charge in [-0.05, 0) is 25.0 Å². The normalized spacial score (nSPS) is 16.6. The molecule has 0 bridgehead atoms. The molecule has 84 valence electrons. The van der Waals surface area contributed by atoms with Gasteiger partial charge in [-0.2, -0.15) is 5.26 Å². The third-order valence-electron chi connectivity index (χ3n) is 2.85. The second kappa shape index (κ2) is 5.18. The van der Waals surface area contributed by atoms with Crippen molar-refractivity contribution in [2.45, 2.75) is 25.7 Å². The summed E-state index contributed by atoms with van der Waals surface area (Å²) in [6, 6.07) is 5.47. The number of pyridine rings is 1. The molecule has 0 atom stereocenters. The van der Waals surface area contributed by atoms with Crippen LogP contribution < -0.4 is 4.90 Å². The zero-order valence-electron chi connectivity index (χ0n) is 9.12. The van der Waals surface area contributed by atoms with Crippen LogP contribution in [-0.2, 0) is 0 Å². The largest absolute Gasteiger partial charge is 0.355 e. The van der Waals surface area contributed by atoms with E-state index in [4.69, 9.17) is 16.9 Å². The van der Waals surface area contributed by atoms with Crippen LogP contribution in [0.15, 0.2) is 12.1 Å². The first kappa shape index (κ1) is 11.2. The van der Waals surface area contributed by atoms with E-state index in [9.17, 15) is 0 Å². The maximum absolute atomic E-state index is 8.83. The molecule has 4 heteroatoms. The van der Waals surface area contributed by atoms with Crippen molar-refractivity contribution >= 4 is 17.4 Å². The monoisotopic (exact) mass is 235 g/mol. The van der Waals surface area contributed by atoms with Gasteiger partial charge >= 0.3 is 0 Å². The Kier molecular flexibility index (Phi) is 3.63. The van der Waals surface area contributed by atoms with E-state index < -0.39 is 0 Å². The lowest BCUT2D eigenvalue weighted by molar-refractivity contribution is 0.726. The third-order valence-corrected chi connectivity index (χ3v) is 3.14. The van der Waals surface area contributed by atoms with Crippen LogP contribution in [0.1, 0.15) is 31.4 Å². The van der Waals surface area contributed by atoms with Crippen LogP contribution >= 0.6 is 11.6 Å². The minimum atomic E-state index is 0.434. The molecule has 0 spiro atoms. The van der Waals surface area contributed by atoms with Crippen LogP contribution in [0, 0.1) is 11.3 Å². The van der Waals surface area contributed by atoms with Crippen LogP contribution in [0.5, 0.6) is 0 Å². The molecule has 0 unspecified atom stereocenters. The summed E-state index contributed by atoms with van der Waals surface area (Å²) in [5, 5.41) is 9.47. The van der Waals surface area contributed by atoms with E-state index in [-0.39, 0.29) is 0 Å². The topological polar surface area (TPSA) is 39.9 Å². The molecule has 1 aliphatic rings. The van der Waals surface area contributed by atoms with E-state index in [1.165, 1.54) is 25.7 Å². The Morgan fingerprint density at radius 2 is 1.88 bits per heavy atom. The van der Waals surface area contributed by atoms with E-state index in [1.807, 2.05) is 0 Å². The van der Waals surface area contributed by atoms with Crippen LogP contribution in [0.25, 0.3) is 0 Å². The average Bonchev–Trinajstić information content (AvgIpc) is 2.58. The fourth-order valence-corrected chi connectivity index (χ4v) is 2.22. The highest BCUT2D eigenvalue weighted by Gasteiger charge is 2.14. The highest BCUT2D eigenvalue weighted by Crippen LogP contribution is 2.25. The molecule has 0 aromatic carbocycles. The van der Waals surface area contributed by atoms with Crippen LogP contribution in [-0.4, -0.2) is 18.1 Å². The summed E-state index contributed by atoms with van der Waals surface area (Å²) in [6.45, 7) is 1.98. The standard InChI is InChI=1S/C12H14ClN3/c13-11-6-5-10(9-14)15-12(11)16-7-3-1-2-4-8-16/h5-6H,1-4,7-8H2. The number of aromatic nitrogens is 1. The lowest BCUT2D eigenvalue weighted by Gasteiger charge is -2.22. The Hall–Kier alpha value is -1.27. The van der Waals surface area contributed by atoms with Crippen LogP contribution in [0.4, 0.5) is 5.82 Å². The van der Waals surface area contributed by atoms with Gasteiger partial charge in [0.25, 0.3) is 0 Å². The number of nitrogens with zero attached hydrogens (tertiary/aromatic N) is 3. The van der Waals surface area contributed by atoms with Gasteiger partial charge in [0.2, 0.25) is 0 Å². The van der Waals surface area contributed by atoms with Crippen molar-refractivity contribution < 1.29 is 0 Å². The SMILES string of the molecule is N#Cc1ccc(Cl)c(N2CCCCCC2)n1. The summed E-state index contributed by atoms with van der Waals surface area (Å²) in [7, 11) is 0. The molecular weight excluding hydrogens is 222 g/mol. The van der Waals surface area contributed by atoms with Crippen molar-refractivity contribution in [2.24, 2.45) is 0 Å². The maximum Gasteiger partial charge on any atom is 0.148 e. The predicted octanol–water partition coefficient (Wildman–Crippen LogP) is 2.99. The number of anilines is 1. The smallest absolute Gasteiger partial charge is 0.148 e. The molecule has 1 aromatic heterocycles. The van der Waals surface area contributed by atoms with Crippen molar-refractivity contribution in [1.29, 1.82) is 5.26 Å². The van der Waals surface area contributed by atoms with Crippen molar-refractivity contribution in [2.75, 3.05) is 18.0 Å². The van der Waals surface area contributed by atoms with E-state index in [1.54, 1.807) is 12.1 Å². The second-order valence-electron chi connectivity index (χ2n) is 4.01. The van der Waals surface area contributed by atoms with Crippen molar-refractivity contribution in [3.63, 3.8) is 0 Å². The zero-order valence-corrected chi connectivity index (χ0v) is 9.87. The fraction of sp³-hybridized carbons (Fsp3) is 0.500. The summed E-state index contributed by atoms with van der Waals surface area (Å²) in [6.07, 6.45) is 4.89. The zero-order chi connectivity index (χ0) is 11.4. The van der Waals surface area contributed by atoms with Gasteiger partial charge < -0.3 is 4.90 Å². The lowest BCUT2D eigenvalue weighted by atomic mass is 10.2. The third kappa shape index (κ3) is 2.45. The Balaban J connectivity index is 2.27. The summed E-state index contributed by atoms with van der Waals surface area (Å²) in [5.74, 6) is 0.766. The summed E-state index contributed by atoms with van der Waals surface area (Å²) in [5.41, 5.74) is 0.434. The molecule has 1 fully saturated rings. The minimum absolute atomic E-state index is 0.434. The first-order chi connectivity index (χ1) is 7.81. The van der Waals surface area contributed by atoms with Gasteiger partial charge in [-0.1, -0.05) is 24.4 Å². The number of halogens is 1. The number of hydrogen-bond donors (Lipinski definition) is 0. The van der Waals surface area contributed by atoms with Gasteiger partial charge in [0.1, 0.15) is 17.6 Å². The summed E-state index contributed by atoms with van der Waals surface area (Å²) in [4.78, 5) is 6.48. The molecule has 0 saturated carbocycles. The quantitative estimate of drug-likeness (QED) is 0.751. The minimum Gasteiger partial charge on any atom is -0.355 e. The predicted molar refractivity (Wildman–Crippen MR) is 64.6 cm³/mol. The average molecular weight is 236 g/mol. The first-order valence-electron chi connectivity index (χ1n) is 5.63. The molecule has 1 saturated heterocycles. The number of hydrogen-bond acceptors (Lipinski definition) is 3. The molecular formula is C12H14ClN3. The second-order valence-corrected chi connectivity index (χ2v) is 4.42. The van der Waals surface area contributed by atoms with Crippen LogP contribution in [0.2, 0.25) is 5.02 Å². The molecule has 0 amide bonds. The van der Waals surface area contributed by atoms with Crippen molar-refractivity contribution in [1.82, 2.24) is 4.98 Å². The highest BCUT2D eigenvalue weighted by atomic mass is 35.5. The Morgan fingerprint density at radius 3 is 2.50 bits per heavy atom. The van der Waals surface area contributed by atoms with E-state index >= 15 is 0 Å². The van der Waals surface area contributed by atoms with Gasteiger partial charge in [-0.15, -0.1) is 0 Å². The fourth-order valence-electron chi connectivity index (χ4n) is 2.00. The first-order valence-corrected chi connectivity index (χ1v) is 6.00. The molecule has 16 heavy (non-hydrogen) atoms. The molecule has 3 nitrogen and oxygen atoms in total. The van der Waals surface area contributed by atoms with E-state index in [2.05, 4.69) is 16.0 Å². The molecule has 1 aromatic rings. The van der Waals surface area contributed by atoms with Crippen molar-refractivity contribution in [3.05, 3.63) is 22.8 Å². The van der Waals surface area contributed by atoms with Crippen LogP contribution in [0.3, 0.4) is 0 Å². The molecule has 0 N–H and O–H groups in total. The Morgan fingerprint density at radius 1 is 1.19 bits per heavy atom. The molecule has 1 aliphatic heterocycles. The Labute approximate surface area is 101 Å². The molecule has 2 heterocycles. The van der Waals surface area contributed by atoms with Gasteiger partial charge in [-0.3, -0.25) is 0 Å². The molecule has 0 aliphatic carbocycles. The summed E-state index contributed by atoms with van der Waals surface area (Å²) < 4.78 is 0.